The Bertz CT molecular complexity index is 2740. The fourth-order valence-corrected chi connectivity index (χ4v) is 12.3. The summed E-state index contributed by atoms with van der Waals surface area (Å²) in [5.74, 6) is 3.34. The van der Waals surface area contributed by atoms with Crippen LogP contribution >= 0.6 is 0 Å². The first-order valence-electron chi connectivity index (χ1n) is 20.4. The summed E-state index contributed by atoms with van der Waals surface area (Å²) in [7, 11) is 0. The Kier molecular flexibility index (Phi) is 6.88. The minimum atomic E-state index is 0.136. The van der Waals surface area contributed by atoms with Crippen LogP contribution in [0.1, 0.15) is 43.2 Å². The van der Waals surface area contributed by atoms with E-state index in [9.17, 15) is 0 Å². The molecular formula is C54H43N. The molecule has 0 aliphatic heterocycles. The van der Waals surface area contributed by atoms with Gasteiger partial charge in [-0.05, 0) is 158 Å². The average Bonchev–Trinajstić information content (AvgIpc) is 3.54. The predicted octanol–water partition coefficient (Wildman–Crippen LogP) is 14.5. The maximum absolute atomic E-state index is 2.50. The molecule has 4 bridgehead atoms. The lowest BCUT2D eigenvalue weighted by molar-refractivity contribution is -0.0397. The molecule has 0 heterocycles. The van der Waals surface area contributed by atoms with Crippen LogP contribution in [-0.2, 0) is 5.41 Å². The van der Waals surface area contributed by atoms with Crippen molar-refractivity contribution < 1.29 is 0 Å². The summed E-state index contributed by atoms with van der Waals surface area (Å²) < 4.78 is 0. The van der Waals surface area contributed by atoms with E-state index >= 15 is 0 Å². The number of hydrogen-bond donors (Lipinski definition) is 0. The summed E-state index contributed by atoms with van der Waals surface area (Å²) in [6, 6.07) is 66.1. The van der Waals surface area contributed by atoms with Gasteiger partial charge in [0.1, 0.15) is 0 Å². The molecule has 0 saturated heterocycles. The summed E-state index contributed by atoms with van der Waals surface area (Å²) in [6.07, 6.45) is 7.06. The molecule has 0 unspecified atom stereocenters. The van der Waals surface area contributed by atoms with Crippen LogP contribution in [0.3, 0.4) is 0 Å². The molecule has 4 saturated carbocycles. The fourth-order valence-electron chi connectivity index (χ4n) is 12.3. The normalized spacial score (nSPS) is 23.0. The van der Waals surface area contributed by atoms with Crippen LogP contribution in [0.25, 0.3) is 54.9 Å². The maximum atomic E-state index is 2.50. The molecule has 8 aromatic rings. The van der Waals surface area contributed by atoms with Crippen molar-refractivity contribution in [2.24, 2.45) is 23.7 Å². The van der Waals surface area contributed by atoms with Crippen molar-refractivity contribution in [1.29, 1.82) is 0 Å². The number of rotatable bonds is 5. The molecule has 0 radical (unpaired) electrons. The quantitative estimate of drug-likeness (QED) is 0.172. The first kappa shape index (κ1) is 31.4. The number of hydrogen-bond acceptors (Lipinski definition) is 1. The molecule has 1 heteroatoms. The van der Waals surface area contributed by atoms with E-state index in [0.717, 1.165) is 40.7 Å². The van der Waals surface area contributed by atoms with E-state index in [0.29, 0.717) is 0 Å². The zero-order valence-electron chi connectivity index (χ0n) is 31.0. The van der Waals surface area contributed by atoms with Crippen molar-refractivity contribution in [3.05, 3.63) is 187 Å². The van der Waals surface area contributed by atoms with Crippen LogP contribution in [0.15, 0.2) is 176 Å². The second-order valence-electron chi connectivity index (χ2n) is 16.9. The van der Waals surface area contributed by atoms with Crippen LogP contribution in [0.5, 0.6) is 0 Å². The zero-order valence-corrected chi connectivity index (χ0v) is 31.0. The third-order valence-electron chi connectivity index (χ3n) is 14.2. The van der Waals surface area contributed by atoms with Crippen LogP contribution in [0, 0.1) is 23.7 Å². The predicted molar refractivity (Wildman–Crippen MR) is 230 cm³/mol. The molecule has 0 aromatic heterocycles. The van der Waals surface area contributed by atoms with Gasteiger partial charge in [-0.3, -0.25) is 0 Å². The summed E-state index contributed by atoms with van der Waals surface area (Å²) in [5, 5.41) is 5.05. The molecule has 1 spiro atoms. The maximum Gasteiger partial charge on any atom is 0.0468 e. The first-order valence-corrected chi connectivity index (χ1v) is 20.4. The van der Waals surface area contributed by atoms with Crippen molar-refractivity contribution in [3.63, 3.8) is 0 Å². The molecule has 0 N–H and O–H groups in total. The first-order chi connectivity index (χ1) is 27.2. The van der Waals surface area contributed by atoms with E-state index in [4.69, 9.17) is 0 Å². The Morgan fingerprint density at radius 3 is 1.65 bits per heavy atom. The van der Waals surface area contributed by atoms with Gasteiger partial charge in [-0.15, -0.1) is 0 Å². The van der Waals surface area contributed by atoms with Crippen LogP contribution < -0.4 is 4.90 Å². The SMILES string of the molecule is c1ccc2c(c1)-c1cccc(-c3ccc(N(c4ccc(-c5cccc6ccccc56)cc4)c4ccc5ccccc5c4)cc3)c1C21C2CC3CC(C2)CC1C3. The van der Waals surface area contributed by atoms with Gasteiger partial charge in [0.2, 0.25) is 0 Å². The molecule has 0 atom stereocenters. The van der Waals surface area contributed by atoms with E-state index in [2.05, 4.69) is 181 Å². The molecule has 0 amide bonds. The van der Waals surface area contributed by atoms with Gasteiger partial charge in [-0.1, -0.05) is 140 Å². The van der Waals surface area contributed by atoms with Crippen LogP contribution in [0.2, 0.25) is 0 Å². The fraction of sp³-hybridized carbons (Fsp3) is 0.185. The second-order valence-corrected chi connectivity index (χ2v) is 16.9. The van der Waals surface area contributed by atoms with Crippen molar-refractivity contribution in [3.8, 4) is 33.4 Å². The number of anilines is 3. The molecule has 13 rings (SSSR count). The van der Waals surface area contributed by atoms with Crippen molar-refractivity contribution >= 4 is 38.6 Å². The minimum Gasteiger partial charge on any atom is -0.310 e. The second kappa shape index (κ2) is 12.0. The lowest BCUT2D eigenvalue weighted by Crippen LogP contribution is -2.55. The molecular weight excluding hydrogens is 663 g/mol. The van der Waals surface area contributed by atoms with Gasteiger partial charge in [-0.25, -0.2) is 0 Å². The Balaban J connectivity index is 0.977. The molecule has 55 heavy (non-hydrogen) atoms. The van der Waals surface area contributed by atoms with Gasteiger partial charge in [-0.2, -0.15) is 0 Å². The van der Waals surface area contributed by atoms with E-state index in [-0.39, 0.29) is 5.41 Å². The Morgan fingerprint density at radius 1 is 0.382 bits per heavy atom. The summed E-state index contributed by atoms with van der Waals surface area (Å²) in [4.78, 5) is 2.42. The highest BCUT2D eigenvalue weighted by Gasteiger charge is 2.62. The Hall–Kier alpha value is -5.92. The van der Waals surface area contributed by atoms with E-state index in [1.165, 1.54) is 87.0 Å². The van der Waals surface area contributed by atoms with E-state index in [1.807, 2.05) is 0 Å². The van der Waals surface area contributed by atoms with Crippen LogP contribution in [-0.4, -0.2) is 0 Å². The van der Waals surface area contributed by atoms with Gasteiger partial charge < -0.3 is 4.90 Å². The highest BCUT2D eigenvalue weighted by molar-refractivity contribution is 5.97. The molecule has 4 fully saturated rings. The molecule has 8 aromatic carbocycles. The van der Waals surface area contributed by atoms with Crippen molar-refractivity contribution in [1.82, 2.24) is 0 Å². The topological polar surface area (TPSA) is 3.24 Å². The summed E-state index contributed by atoms with van der Waals surface area (Å²) >= 11 is 0. The summed E-state index contributed by atoms with van der Waals surface area (Å²) in [5.41, 5.74) is 15.1. The third-order valence-corrected chi connectivity index (χ3v) is 14.2. The molecule has 5 aliphatic carbocycles. The van der Waals surface area contributed by atoms with Gasteiger partial charge >= 0.3 is 0 Å². The molecule has 264 valence electrons. The largest absolute Gasteiger partial charge is 0.310 e. The lowest BCUT2D eigenvalue weighted by atomic mass is 9.42. The molecule has 5 aliphatic rings. The monoisotopic (exact) mass is 705 g/mol. The highest BCUT2D eigenvalue weighted by atomic mass is 15.1. The standard InChI is InChI=1S/C54H43N/c1-2-11-41-34-46(28-19-37(41)9-1)55(44-24-20-39(21-25-44)48-15-7-12-38-10-3-4-13-47(38)48)45-26-22-40(23-27-45)49-16-8-17-51-50-14-5-6-18-52(50)54(53(49)51)42-30-35-29-36(32-42)33-43(54)31-35/h1-28,34-36,42-43H,29-33H2. The van der Waals surface area contributed by atoms with Gasteiger partial charge in [0, 0.05) is 22.5 Å². The molecule has 1 nitrogen and oxygen atoms in total. The van der Waals surface area contributed by atoms with Gasteiger partial charge in [0.25, 0.3) is 0 Å². The van der Waals surface area contributed by atoms with Gasteiger partial charge in [0.15, 0.2) is 0 Å². The average molecular weight is 706 g/mol. The van der Waals surface area contributed by atoms with E-state index in [1.54, 1.807) is 11.1 Å². The Morgan fingerprint density at radius 2 is 0.909 bits per heavy atom. The number of nitrogens with zero attached hydrogens (tertiary/aromatic N) is 1. The van der Waals surface area contributed by atoms with Crippen LogP contribution in [0.4, 0.5) is 17.1 Å². The van der Waals surface area contributed by atoms with Crippen molar-refractivity contribution in [2.45, 2.75) is 37.5 Å². The van der Waals surface area contributed by atoms with Gasteiger partial charge in [0.05, 0.1) is 0 Å². The highest BCUT2D eigenvalue weighted by Crippen LogP contribution is 2.70. The summed E-state index contributed by atoms with van der Waals surface area (Å²) in [6.45, 7) is 0. The minimum absolute atomic E-state index is 0.136. The number of fused-ring (bicyclic) bond motifs is 5. The Labute approximate surface area is 323 Å². The zero-order chi connectivity index (χ0) is 36.1. The number of benzene rings is 8. The van der Waals surface area contributed by atoms with E-state index < -0.39 is 0 Å². The lowest BCUT2D eigenvalue weighted by Gasteiger charge is -2.61. The smallest absolute Gasteiger partial charge is 0.0468 e. The third kappa shape index (κ3) is 4.66. The van der Waals surface area contributed by atoms with Crippen molar-refractivity contribution in [2.75, 3.05) is 4.90 Å².